The van der Waals surface area contributed by atoms with E-state index in [-0.39, 0.29) is 0 Å². The Kier molecular flexibility index (Phi) is 3.50. The number of nitrogens with zero attached hydrogens (tertiary/aromatic N) is 1. The van der Waals surface area contributed by atoms with E-state index in [1.165, 1.54) is 27.3 Å². The van der Waals surface area contributed by atoms with Crippen molar-refractivity contribution in [3.8, 4) is 22.4 Å². The molecule has 0 N–H and O–H groups in total. The SMILES string of the molecule is c1ccc(-c2cccc3nc(-c4ccc5ccccc5c4)ccc23)cc1. The highest BCUT2D eigenvalue weighted by molar-refractivity contribution is 5.96. The standard InChI is InChI=1S/C25H17N/c1-2-8-19(9-3-1)22-11-6-12-25-23(22)15-16-24(26-25)21-14-13-18-7-4-5-10-20(18)17-21/h1-17H. The van der Waals surface area contributed by atoms with Crippen molar-refractivity contribution in [2.24, 2.45) is 0 Å². The molecule has 0 radical (unpaired) electrons. The minimum atomic E-state index is 1.01. The molecular weight excluding hydrogens is 314 g/mol. The molecule has 26 heavy (non-hydrogen) atoms. The fraction of sp³-hybridized carbons (Fsp3) is 0. The molecule has 0 aliphatic rings. The summed E-state index contributed by atoms with van der Waals surface area (Å²) in [7, 11) is 0. The summed E-state index contributed by atoms with van der Waals surface area (Å²) in [5.74, 6) is 0. The van der Waals surface area contributed by atoms with Gasteiger partial charge in [0, 0.05) is 10.9 Å². The molecular formula is C25H17N. The molecule has 0 aliphatic heterocycles. The van der Waals surface area contributed by atoms with Crippen molar-refractivity contribution < 1.29 is 0 Å². The van der Waals surface area contributed by atoms with Crippen LogP contribution in [0.4, 0.5) is 0 Å². The van der Waals surface area contributed by atoms with Gasteiger partial charge in [0.15, 0.2) is 0 Å². The highest BCUT2D eigenvalue weighted by Crippen LogP contribution is 2.30. The predicted octanol–water partition coefficient (Wildman–Crippen LogP) is 6.72. The molecule has 1 nitrogen and oxygen atoms in total. The number of pyridine rings is 1. The van der Waals surface area contributed by atoms with Gasteiger partial charge in [-0.05, 0) is 40.1 Å². The van der Waals surface area contributed by atoms with Gasteiger partial charge in [-0.25, -0.2) is 4.98 Å². The average molecular weight is 331 g/mol. The number of rotatable bonds is 2. The summed E-state index contributed by atoms with van der Waals surface area (Å²) in [6, 6.07) is 36.1. The quantitative estimate of drug-likeness (QED) is 0.350. The highest BCUT2D eigenvalue weighted by atomic mass is 14.7. The third-order valence-corrected chi connectivity index (χ3v) is 4.86. The Morgan fingerprint density at radius 2 is 1.31 bits per heavy atom. The number of benzene rings is 4. The number of aromatic nitrogens is 1. The minimum Gasteiger partial charge on any atom is -0.248 e. The van der Waals surface area contributed by atoms with Gasteiger partial charge in [0.25, 0.3) is 0 Å². The molecule has 0 saturated carbocycles. The Balaban J connectivity index is 1.66. The van der Waals surface area contributed by atoms with E-state index in [0.717, 1.165) is 16.8 Å². The van der Waals surface area contributed by atoms with Crippen molar-refractivity contribution in [2.75, 3.05) is 0 Å². The first kappa shape index (κ1) is 14.9. The molecule has 0 spiro atoms. The van der Waals surface area contributed by atoms with Gasteiger partial charge in [0.05, 0.1) is 11.2 Å². The summed E-state index contributed by atoms with van der Waals surface area (Å²) in [4.78, 5) is 4.94. The van der Waals surface area contributed by atoms with Gasteiger partial charge in [0.1, 0.15) is 0 Å². The zero-order valence-corrected chi connectivity index (χ0v) is 14.3. The number of fused-ring (bicyclic) bond motifs is 2. The zero-order chi connectivity index (χ0) is 17.3. The number of hydrogen-bond donors (Lipinski definition) is 0. The van der Waals surface area contributed by atoms with Crippen molar-refractivity contribution in [3.05, 3.63) is 103 Å². The lowest BCUT2D eigenvalue weighted by molar-refractivity contribution is 1.40. The molecule has 1 heterocycles. The fourth-order valence-electron chi connectivity index (χ4n) is 3.53. The van der Waals surface area contributed by atoms with E-state index in [1.807, 2.05) is 6.07 Å². The van der Waals surface area contributed by atoms with E-state index in [9.17, 15) is 0 Å². The lowest BCUT2D eigenvalue weighted by atomic mass is 9.99. The van der Waals surface area contributed by atoms with Crippen LogP contribution >= 0.6 is 0 Å². The van der Waals surface area contributed by atoms with Crippen LogP contribution in [-0.2, 0) is 0 Å². The molecule has 0 bridgehead atoms. The molecule has 1 heteroatoms. The monoisotopic (exact) mass is 331 g/mol. The molecule has 1 aromatic heterocycles. The van der Waals surface area contributed by atoms with Gasteiger partial charge >= 0.3 is 0 Å². The molecule has 4 aromatic carbocycles. The van der Waals surface area contributed by atoms with E-state index < -0.39 is 0 Å². The van der Waals surface area contributed by atoms with Gasteiger partial charge in [0.2, 0.25) is 0 Å². The summed E-state index contributed by atoms with van der Waals surface area (Å²) in [6.45, 7) is 0. The lowest BCUT2D eigenvalue weighted by Crippen LogP contribution is -1.88. The van der Waals surface area contributed by atoms with E-state index in [2.05, 4.69) is 97.1 Å². The third-order valence-electron chi connectivity index (χ3n) is 4.86. The second-order valence-electron chi connectivity index (χ2n) is 6.50. The first-order valence-electron chi connectivity index (χ1n) is 8.83. The van der Waals surface area contributed by atoms with Crippen molar-refractivity contribution in [1.29, 1.82) is 0 Å². The molecule has 0 amide bonds. The molecule has 5 rings (SSSR count). The van der Waals surface area contributed by atoms with Crippen LogP contribution in [0.15, 0.2) is 103 Å². The van der Waals surface area contributed by atoms with Gasteiger partial charge < -0.3 is 0 Å². The minimum absolute atomic E-state index is 1.01. The van der Waals surface area contributed by atoms with Crippen molar-refractivity contribution in [1.82, 2.24) is 4.98 Å². The van der Waals surface area contributed by atoms with E-state index in [0.29, 0.717) is 0 Å². The summed E-state index contributed by atoms with van der Waals surface area (Å²) in [5, 5.41) is 3.68. The van der Waals surface area contributed by atoms with Crippen LogP contribution in [-0.4, -0.2) is 4.98 Å². The van der Waals surface area contributed by atoms with Gasteiger partial charge in [-0.15, -0.1) is 0 Å². The second-order valence-corrected chi connectivity index (χ2v) is 6.50. The zero-order valence-electron chi connectivity index (χ0n) is 14.3. The van der Waals surface area contributed by atoms with Crippen molar-refractivity contribution in [2.45, 2.75) is 0 Å². The van der Waals surface area contributed by atoms with Crippen molar-refractivity contribution >= 4 is 21.7 Å². The van der Waals surface area contributed by atoms with E-state index in [4.69, 9.17) is 4.98 Å². The van der Waals surface area contributed by atoms with Crippen LogP contribution in [0, 0.1) is 0 Å². The highest BCUT2D eigenvalue weighted by Gasteiger charge is 2.07. The van der Waals surface area contributed by atoms with Crippen LogP contribution in [0.5, 0.6) is 0 Å². The van der Waals surface area contributed by atoms with Gasteiger partial charge in [-0.3, -0.25) is 0 Å². The molecule has 122 valence electrons. The first-order chi connectivity index (χ1) is 12.9. The predicted molar refractivity (Wildman–Crippen MR) is 110 cm³/mol. The average Bonchev–Trinajstić information content (AvgIpc) is 2.73. The van der Waals surface area contributed by atoms with Crippen molar-refractivity contribution in [3.63, 3.8) is 0 Å². The fourth-order valence-corrected chi connectivity index (χ4v) is 3.53. The Morgan fingerprint density at radius 1 is 0.500 bits per heavy atom. The maximum absolute atomic E-state index is 4.94. The molecule has 5 aromatic rings. The van der Waals surface area contributed by atoms with E-state index in [1.54, 1.807) is 0 Å². The Morgan fingerprint density at radius 3 is 2.19 bits per heavy atom. The lowest BCUT2D eigenvalue weighted by Gasteiger charge is -2.09. The van der Waals surface area contributed by atoms with Crippen LogP contribution in [0.3, 0.4) is 0 Å². The topological polar surface area (TPSA) is 12.9 Å². The molecule has 0 fully saturated rings. The van der Waals surface area contributed by atoms with Crippen LogP contribution in [0.25, 0.3) is 44.1 Å². The number of hydrogen-bond acceptors (Lipinski definition) is 1. The molecule has 0 aliphatic carbocycles. The van der Waals surface area contributed by atoms with Gasteiger partial charge in [-0.1, -0.05) is 84.9 Å². The smallest absolute Gasteiger partial charge is 0.0715 e. The Bertz CT molecular complexity index is 1220. The molecule has 0 saturated heterocycles. The molecule has 0 unspecified atom stereocenters. The summed E-state index contributed by atoms with van der Waals surface area (Å²) < 4.78 is 0. The third kappa shape index (κ3) is 2.55. The Labute approximate surface area is 152 Å². The first-order valence-corrected chi connectivity index (χ1v) is 8.83. The Hall–Kier alpha value is -3.45. The maximum atomic E-state index is 4.94. The van der Waals surface area contributed by atoms with Crippen LogP contribution in [0.1, 0.15) is 0 Å². The van der Waals surface area contributed by atoms with Crippen LogP contribution < -0.4 is 0 Å². The largest absolute Gasteiger partial charge is 0.248 e. The summed E-state index contributed by atoms with van der Waals surface area (Å²) >= 11 is 0. The summed E-state index contributed by atoms with van der Waals surface area (Å²) in [6.07, 6.45) is 0. The maximum Gasteiger partial charge on any atom is 0.0715 e. The van der Waals surface area contributed by atoms with Crippen LogP contribution in [0.2, 0.25) is 0 Å². The summed E-state index contributed by atoms with van der Waals surface area (Å²) in [5.41, 5.74) is 5.63. The normalized spacial score (nSPS) is 11.1. The second kappa shape index (κ2) is 6.12. The van der Waals surface area contributed by atoms with E-state index >= 15 is 0 Å². The molecule has 0 atom stereocenters. The van der Waals surface area contributed by atoms with Gasteiger partial charge in [-0.2, -0.15) is 0 Å².